The predicted molar refractivity (Wildman–Crippen MR) is 108 cm³/mol. The van der Waals surface area contributed by atoms with Gasteiger partial charge in [0.2, 0.25) is 5.88 Å². The van der Waals surface area contributed by atoms with Crippen LogP contribution < -0.4 is 4.90 Å². The number of nitrogens with zero attached hydrogens (tertiary/aromatic N) is 3. The maximum atomic E-state index is 12.3. The lowest BCUT2D eigenvalue weighted by Gasteiger charge is -2.24. The summed E-state index contributed by atoms with van der Waals surface area (Å²) in [6.07, 6.45) is 0. The van der Waals surface area contributed by atoms with Crippen LogP contribution in [0.3, 0.4) is 0 Å². The van der Waals surface area contributed by atoms with Crippen molar-refractivity contribution in [3.05, 3.63) is 58.6 Å². The summed E-state index contributed by atoms with van der Waals surface area (Å²) in [7, 11) is 0. The molecule has 1 aliphatic rings. The molecule has 0 aliphatic carbocycles. The molecule has 8 heteroatoms. The number of amides is 1. The summed E-state index contributed by atoms with van der Waals surface area (Å²) in [5, 5.41) is 19.5. The first kappa shape index (κ1) is 18.8. The van der Waals surface area contributed by atoms with Crippen molar-refractivity contribution in [2.75, 3.05) is 26.3 Å². The minimum atomic E-state index is -0.449. The van der Waals surface area contributed by atoms with Gasteiger partial charge in [-0.1, -0.05) is 34.1 Å². The Kier molecular flexibility index (Phi) is 5.52. The molecule has 3 aromatic rings. The van der Waals surface area contributed by atoms with Crippen LogP contribution in [0.25, 0.3) is 10.9 Å². The molecule has 0 radical (unpaired) electrons. The highest BCUT2D eigenvalue weighted by molar-refractivity contribution is 9.10. The molecule has 1 fully saturated rings. The van der Waals surface area contributed by atoms with Gasteiger partial charge in [-0.05, 0) is 30.3 Å². The molecule has 2 N–H and O–H groups in total. The average molecular weight is 444 g/mol. The van der Waals surface area contributed by atoms with E-state index in [4.69, 9.17) is 4.74 Å². The quantitative estimate of drug-likeness (QED) is 0.608. The standard InChI is InChI=1S/C20H19BrN4O3/c21-15-6-7-17-16(12-15)18(22-23-19(26)14-4-2-1-3-5-14)20(27)25(17)13-24-8-10-28-11-9-24/h1-7,12,27H,8-11,13H2/p+1. The number of halogens is 1. The number of quaternary nitrogens is 1. The fourth-order valence-corrected chi connectivity index (χ4v) is 3.69. The van der Waals surface area contributed by atoms with E-state index in [0.717, 1.165) is 28.5 Å². The van der Waals surface area contributed by atoms with Gasteiger partial charge in [0.15, 0.2) is 12.4 Å². The van der Waals surface area contributed by atoms with Crippen molar-refractivity contribution in [3.63, 3.8) is 0 Å². The minimum absolute atomic E-state index is 0.0108. The number of carbonyl (C=O) groups is 1. The molecule has 0 spiro atoms. The predicted octanol–water partition coefficient (Wildman–Crippen LogP) is 2.91. The number of aromatic hydroxyl groups is 1. The molecule has 2 heterocycles. The molecule has 1 aromatic heterocycles. The van der Waals surface area contributed by atoms with Gasteiger partial charge in [0.25, 0.3) is 5.91 Å². The molecule has 1 saturated heterocycles. The Morgan fingerprint density at radius 2 is 1.93 bits per heavy atom. The molecule has 0 bridgehead atoms. The Morgan fingerprint density at radius 1 is 1.18 bits per heavy atom. The topological polar surface area (TPSA) is 80.6 Å². The summed E-state index contributed by atoms with van der Waals surface area (Å²) in [5.41, 5.74) is 1.60. The molecular formula is C20H20BrN4O3+. The number of nitrogens with one attached hydrogen (secondary N) is 1. The van der Waals surface area contributed by atoms with Crippen molar-refractivity contribution in [2.45, 2.75) is 6.67 Å². The molecule has 7 nitrogen and oxygen atoms in total. The van der Waals surface area contributed by atoms with E-state index in [-0.39, 0.29) is 5.88 Å². The number of morpholine rings is 1. The van der Waals surface area contributed by atoms with Crippen LogP contribution in [0.4, 0.5) is 5.69 Å². The fourth-order valence-electron chi connectivity index (χ4n) is 3.33. The molecule has 1 amide bonds. The summed E-state index contributed by atoms with van der Waals surface area (Å²) >= 11 is 3.46. The third-order valence-electron chi connectivity index (χ3n) is 4.82. The maximum absolute atomic E-state index is 12.3. The third-order valence-corrected chi connectivity index (χ3v) is 5.31. The van der Waals surface area contributed by atoms with Gasteiger partial charge in [0.1, 0.15) is 13.1 Å². The van der Waals surface area contributed by atoms with Crippen LogP contribution in [0, 0.1) is 0 Å². The number of fused-ring (bicyclic) bond motifs is 1. The van der Waals surface area contributed by atoms with Crippen LogP contribution in [-0.4, -0.2) is 41.9 Å². The van der Waals surface area contributed by atoms with Gasteiger partial charge in [-0.3, -0.25) is 9.36 Å². The van der Waals surface area contributed by atoms with Crippen molar-refractivity contribution in [1.29, 1.82) is 0 Å². The molecule has 144 valence electrons. The van der Waals surface area contributed by atoms with Gasteiger partial charge in [0.05, 0.1) is 18.7 Å². The minimum Gasteiger partial charge on any atom is -0.493 e. The third kappa shape index (κ3) is 3.84. The van der Waals surface area contributed by atoms with Crippen molar-refractivity contribution < 1.29 is 19.5 Å². The van der Waals surface area contributed by atoms with Gasteiger partial charge in [-0.2, -0.15) is 0 Å². The molecule has 28 heavy (non-hydrogen) atoms. The highest BCUT2D eigenvalue weighted by Gasteiger charge is 2.22. The van der Waals surface area contributed by atoms with Crippen LogP contribution in [0.5, 0.6) is 5.88 Å². The lowest BCUT2D eigenvalue weighted by atomic mass is 10.2. The van der Waals surface area contributed by atoms with Crippen molar-refractivity contribution >= 4 is 38.4 Å². The van der Waals surface area contributed by atoms with E-state index < -0.39 is 5.91 Å². The molecule has 0 atom stereocenters. The van der Waals surface area contributed by atoms with Gasteiger partial charge in [0, 0.05) is 15.4 Å². The normalized spacial score (nSPS) is 15.5. The van der Waals surface area contributed by atoms with Gasteiger partial charge >= 0.3 is 0 Å². The summed E-state index contributed by atoms with van der Waals surface area (Å²) < 4.78 is 8.10. The molecular weight excluding hydrogens is 424 g/mol. The SMILES string of the molecule is O=C(N=Nc1c(O)n(C[NH+]2CCOCC2)c2ccc(Br)cc12)c1ccccc1. The Balaban J connectivity index is 1.71. The fraction of sp³-hybridized carbons (Fsp3) is 0.250. The van der Waals surface area contributed by atoms with Crippen molar-refractivity contribution in [2.24, 2.45) is 10.2 Å². The monoisotopic (exact) mass is 443 g/mol. The van der Waals surface area contributed by atoms with Gasteiger partial charge in [-0.25, -0.2) is 0 Å². The van der Waals surface area contributed by atoms with E-state index in [2.05, 4.69) is 26.2 Å². The molecule has 0 unspecified atom stereocenters. The Bertz CT molecular complexity index is 1030. The number of carbonyl (C=O) groups excluding carboxylic acids is 1. The number of ether oxygens (including phenoxy) is 1. The van der Waals surface area contributed by atoms with E-state index in [0.29, 0.717) is 31.1 Å². The number of benzene rings is 2. The Hall–Kier alpha value is -2.55. The van der Waals surface area contributed by atoms with Crippen LogP contribution in [0.1, 0.15) is 10.4 Å². The van der Waals surface area contributed by atoms with E-state index >= 15 is 0 Å². The summed E-state index contributed by atoms with van der Waals surface area (Å²) in [5.74, 6) is -0.439. The van der Waals surface area contributed by atoms with Crippen LogP contribution in [0.2, 0.25) is 0 Å². The van der Waals surface area contributed by atoms with Crippen LogP contribution in [-0.2, 0) is 11.4 Å². The summed E-state index contributed by atoms with van der Waals surface area (Å²) in [4.78, 5) is 13.6. The number of hydrogen-bond donors (Lipinski definition) is 2. The van der Waals surface area contributed by atoms with Crippen molar-refractivity contribution in [1.82, 2.24) is 4.57 Å². The Morgan fingerprint density at radius 3 is 2.68 bits per heavy atom. The second kappa shape index (κ2) is 8.22. The molecule has 4 rings (SSSR count). The number of aromatic nitrogens is 1. The zero-order chi connectivity index (χ0) is 19.5. The van der Waals surface area contributed by atoms with E-state index in [9.17, 15) is 9.90 Å². The zero-order valence-electron chi connectivity index (χ0n) is 15.1. The van der Waals surface area contributed by atoms with Gasteiger partial charge < -0.3 is 14.7 Å². The van der Waals surface area contributed by atoms with Crippen molar-refractivity contribution in [3.8, 4) is 5.88 Å². The van der Waals surface area contributed by atoms with E-state index in [1.807, 2.05) is 28.8 Å². The smallest absolute Gasteiger partial charge is 0.295 e. The largest absolute Gasteiger partial charge is 0.493 e. The lowest BCUT2D eigenvalue weighted by Crippen LogP contribution is -3.13. The lowest BCUT2D eigenvalue weighted by molar-refractivity contribution is -0.930. The first-order valence-electron chi connectivity index (χ1n) is 9.06. The maximum Gasteiger partial charge on any atom is 0.295 e. The van der Waals surface area contributed by atoms with E-state index in [1.165, 1.54) is 4.90 Å². The first-order chi connectivity index (χ1) is 13.6. The second-order valence-electron chi connectivity index (χ2n) is 6.65. The summed E-state index contributed by atoms with van der Waals surface area (Å²) in [6, 6.07) is 14.5. The highest BCUT2D eigenvalue weighted by Crippen LogP contribution is 2.39. The molecule has 0 saturated carbocycles. The molecule has 2 aromatic carbocycles. The Labute approximate surface area is 170 Å². The number of rotatable bonds is 4. The number of hydrogen-bond acceptors (Lipinski definition) is 4. The van der Waals surface area contributed by atoms with E-state index in [1.54, 1.807) is 24.3 Å². The highest BCUT2D eigenvalue weighted by atomic mass is 79.9. The first-order valence-corrected chi connectivity index (χ1v) is 9.86. The van der Waals surface area contributed by atoms with Crippen LogP contribution >= 0.6 is 15.9 Å². The zero-order valence-corrected chi connectivity index (χ0v) is 16.7. The number of azo groups is 1. The van der Waals surface area contributed by atoms with Crippen LogP contribution in [0.15, 0.2) is 63.2 Å². The summed E-state index contributed by atoms with van der Waals surface area (Å²) in [6.45, 7) is 3.76. The second-order valence-corrected chi connectivity index (χ2v) is 7.57. The average Bonchev–Trinajstić information content (AvgIpc) is 2.98. The van der Waals surface area contributed by atoms with Gasteiger partial charge in [-0.15, -0.1) is 10.2 Å². The molecule has 1 aliphatic heterocycles.